The Bertz CT molecular complexity index is 405. The van der Waals surface area contributed by atoms with Gasteiger partial charge in [0, 0.05) is 13.1 Å². The first-order chi connectivity index (χ1) is 8.59. The lowest BCUT2D eigenvalue weighted by Gasteiger charge is -2.32. The van der Waals surface area contributed by atoms with Crippen LogP contribution in [0.3, 0.4) is 0 Å². The molecule has 0 spiro atoms. The molecule has 18 heavy (non-hydrogen) atoms. The third kappa shape index (κ3) is 3.70. The highest BCUT2D eigenvalue weighted by atomic mass is 32.2. The van der Waals surface area contributed by atoms with Crippen molar-refractivity contribution in [2.45, 2.75) is 31.9 Å². The smallest absolute Gasteiger partial charge is 0.126 e. The second-order valence-electron chi connectivity index (χ2n) is 5.02. The van der Waals surface area contributed by atoms with E-state index in [2.05, 4.69) is 5.32 Å². The van der Waals surface area contributed by atoms with Crippen LogP contribution in [0.1, 0.15) is 24.0 Å². The SMILES string of the molecule is Cc1cc(CNCC2(O)CCSCC2)ccc1F. The Kier molecular flexibility index (Phi) is 4.65. The third-order valence-electron chi connectivity index (χ3n) is 3.43. The molecule has 0 aliphatic carbocycles. The van der Waals surface area contributed by atoms with Gasteiger partial charge >= 0.3 is 0 Å². The zero-order chi connectivity index (χ0) is 13.0. The summed E-state index contributed by atoms with van der Waals surface area (Å²) in [5, 5.41) is 13.6. The maximum Gasteiger partial charge on any atom is 0.126 e. The van der Waals surface area contributed by atoms with E-state index in [4.69, 9.17) is 0 Å². The van der Waals surface area contributed by atoms with Crippen molar-refractivity contribution in [3.05, 3.63) is 35.1 Å². The van der Waals surface area contributed by atoms with Crippen LogP contribution < -0.4 is 5.32 Å². The monoisotopic (exact) mass is 269 g/mol. The van der Waals surface area contributed by atoms with E-state index in [9.17, 15) is 9.50 Å². The van der Waals surface area contributed by atoms with Gasteiger partial charge in [-0.25, -0.2) is 4.39 Å². The molecule has 0 aromatic heterocycles. The summed E-state index contributed by atoms with van der Waals surface area (Å²) in [7, 11) is 0. The number of benzene rings is 1. The molecular formula is C14H20FNOS. The molecule has 1 aromatic carbocycles. The van der Waals surface area contributed by atoms with E-state index < -0.39 is 5.60 Å². The quantitative estimate of drug-likeness (QED) is 0.881. The summed E-state index contributed by atoms with van der Waals surface area (Å²) >= 11 is 1.90. The average Bonchev–Trinajstić information content (AvgIpc) is 2.34. The second-order valence-corrected chi connectivity index (χ2v) is 6.25. The van der Waals surface area contributed by atoms with E-state index in [1.165, 1.54) is 6.07 Å². The highest BCUT2D eigenvalue weighted by Gasteiger charge is 2.28. The van der Waals surface area contributed by atoms with Gasteiger partial charge in [0.25, 0.3) is 0 Å². The Labute approximate surface area is 112 Å². The van der Waals surface area contributed by atoms with Crippen LogP contribution in [0.2, 0.25) is 0 Å². The molecule has 1 aromatic rings. The first-order valence-electron chi connectivity index (χ1n) is 6.35. The van der Waals surface area contributed by atoms with Gasteiger partial charge in [-0.2, -0.15) is 11.8 Å². The van der Waals surface area contributed by atoms with Crippen LogP contribution in [0.15, 0.2) is 18.2 Å². The molecular weight excluding hydrogens is 249 g/mol. The fourth-order valence-corrected chi connectivity index (χ4v) is 3.44. The summed E-state index contributed by atoms with van der Waals surface area (Å²) in [6, 6.07) is 5.14. The molecule has 0 bridgehead atoms. The lowest BCUT2D eigenvalue weighted by Crippen LogP contribution is -2.43. The molecule has 0 radical (unpaired) electrons. The van der Waals surface area contributed by atoms with Gasteiger partial charge in [-0.05, 0) is 48.5 Å². The van der Waals surface area contributed by atoms with E-state index in [1.54, 1.807) is 13.0 Å². The van der Waals surface area contributed by atoms with Gasteiger partial charge in [0.05, 0.1) is 5.60 Å². The van der Waals surface area contributed by atoms with Crippen LogP contribution >= 0.6 is 11.8 Å². The zero-order valence-corrected chi connectivity index (χ0v) is 11.5. The summed E-state index contributed by atoms with van der Waals surface area (Å²) in [4.78, 5) is 0. The number of rotatable bonds is 4. The van der Waals surface area contributed by atoms with E-state index in [0.29, 0.717) is 18.7 Å². The molecule has 1 aliphatic rings. The van der Waals surface area contributed by atoms with Crippen molar-refractivity contribution >= 4 is 11.8 Å². The molecule has 2 rings (SSSR count). The lowest BCUT2D eigenvalue weighted by molar-refractivity contribution is 0.0320. The van der Waals surface area contributed by atoms with Crippen LogP contribution in [0.5, 0.6) is 0 Å². The molecule has 2 nitrogen and oxygen atoms in total. The molecule has 0 atom stereocenters. The molecule has 0 saturated carbocycles. The van der Waals surface area contributed by atoms with Gasteiger partial charge in [-0.3, -0.25) is 0 Å². The highest BCUT2D eigenvalue weighted by Crippen LogP contribution is 2.26. The second kappa shape index (κ2) is 6.04. The summed E-state index contributed by atoms with van der Waals surface area (Å²) in [5.41, 5.74) is 1.17. The Morgan fingerprint density at radius 1 is 1.39 bits per heavy atom. The van der Waals surface area contributed by atoms with Crippen molar-refractivity contribution < 1.29 is 9.50 Å². The molecule has 1 heterocycles. The Hall–Kier alpha value is -0.580. The van der Waals surface area contributed by atoms with Gasteiger partial charge in [-0.1, -0.05) is 12.1 Å². The van der Waals surface area contributed by atoms with E-state index in [0.717, 1.165) is 29.9 Å². The predicted molar refractivity (Wildman–Crippen MR) is 74.4 cm³/mol. The number of aryl methyl sites for hydroxylation is 1. The fraction of sp³-hybridized carbons (Fsp3) is 0.571. The maximum absolute atomic E-state index is 13.1. The largest absolute Gasteiger partial charge is 0.389 e. The van der Waals surface area contributed by atoms with Crippen molar-refractivity contribution in [3.8, 4) is 0 Å². The summed E-state index contributed by atoms with van der Waals surface area (Å²) in [6.07, 6.45) is 1.71. The number of thioether (sulfide) groups is 1. The molecule has 1 fully saturated rings. The number of halogens is 1. The van der Waals surface area contributed by atoms with Crippen molar-refractivity contribution in [1.29, 1.82) is 0 Å². The Morgan fingerprint density at radius 2 is 2.11 bits per heavy atom. The van der Waals surface area contributed by atoms with Gasteiger partial charge in [0.2, 0.25) is 0 Å². The molecule has 2 N–H and O–H groups in total. The minimum atomic E-state index is -0.555. The standard InChI is InChI=1S/C14H20FNOS/c1-11-8-12(2-3-13(11)15)9-16-10-14(17)4-6-18-7-5-14/h2-3,8,16-17H,4-7,9-10H2,1H3. The first-order valence-corrected chi connectivity index (χ1v) is 7.50. The number of nitrogens with one attached hydrogen (secondary N) is 1. The van der Waals surface area contributed by atoms with Gasteiger partial charge < -0.3 is 10.4 Å². The summed E-state index contributed by atoms with van der Waals surface area (Å²) in [5.74, 6) is 1.91. The normalized spacial score (nSPS) is 18.8. The van der Waals surface area contributed by atoms with E-state index in [-0.39, 0.29) is 5.82 Å². The Morgan fingerprint density at radius 3 is 2.78 bits per heavy atom. The molecule has 4 heteroatoms. The minimum absolute atomic E-state index is 0.165. The topological polar surface area (TPSA) is 32.3 Å². The molecule has 100 valence electrons. The van der Waals surface area contributed by atoms with E-state index in [1.807, 2.05) is 17.8 Å². The molecule has 1 saturated heterocycles. The van der Waals surface area contributed by atoms with Gasteiger partial charge in [0.1, 0.15) is 5.82 Å². The highest BCUT2D eigenvalue weighted by molar-refractivity contribution is 7.99. The Balaban J connectivity index is 1.82. The molecule has 0 unspecified atom stereocenters. The summed E-state index contributed by atoms with van der Waals surface area (Å²) < 4.78 is 13.1. The van der Waals surface area contributed by atoms with E-state index >= 15 is 0 Å². The third-order valence-corrected chi connectivity index (χ3v) is 4.41. The zero-order valence-electron chi connectivity index (χ0n) is 10.7. The number of hydrogen-bond donors (Lipinski definition) is 2. The predicted octanol–water partition coefficient (Wildman–Crippen LogP) is 2.48. The number of aliphatic hydroxyl groups is 1. The van der Waals surface area contributed by atoms with Gasteiger partial charge in [-0.15, -0.1) is 0 Å². The number of hydrogen-bond acceptors (Lipinski definition) is 3. The van der Waals surface area contributed by atoms with Gasteiger partial charge in [0.15, 0.2) is 0 Å². The average molecular weight is 269 g/mol. The van der Waals surface area contributed by atoms with Crippen LogP contribution in [-0.4, -0.2) is 28.8 Å². The maximum atomic E-state index is 13.1. The minimum Gasteiger partial charge on any atom is -0.389 e. The van der Waals surface area contributed by atoms with Crippen LogP contribution in [0, 0.1) is 12.7 Å². The fourth-order valence-electron chi connectivity index (χ4n) is 2.18. The summed E-state index contributed by atoms with van der Waals surface area (Å²) in [6.45, 7) is 3.06. The van der Waals surface area contributed by atoms with Crippen molar-refractivity contribution in [2.75, 3.05) is 18.1 Å². The van der Waals surface area contributed by atoms with Crippen molar-refractivity contribution in [3.63, 3.8) is 0 Å². The van der Waals surface area contributed by atoms with Crippen LogP contribution in [0.25, 0.3) is 0 Å². The van der Waals surface area contributed by atoms with Crippen LogP contribution in [0.4, 0.5) is 4.39 Å². The first kappa shape index (κ1) is 13.8. The molecule has 1 aliphatic heterocycles. The lowest BCUT2D eigenvalue weighted by atomic mass is 9.97. The van der Waals surface area contributed by atoms with Crippen molar-refractivity contribution in [2.24, 2.45) is 0 Å². The van der Waals surface area contributed by atoms with Crippen molar-refractivity contribution in [1.82, 2.24) is 5.32 Å². The van der Waals surface area contributed by atoms with Crippen LogP contribution in [-0.2, 0) is 6.54 Å². The molecule has 0 amide bonds.